The van der Waals surface area contributed by atoms with Gasteiger partial charge in [0.2, 0.25) is 5.91 Å². The van der Waals surface area contributed by atoms with E-state index in [1.165, 1.54) is 0 Å². The number of benzene rings is 3. The molecule has 1 aromatic heterocycles. The van der Waals surface area contributed by atoms with E-state index in [9.17, 15) is 4.79 Å². The molecule has 0 saturated carbocycles. The molecule has 4 rings (SSSR count). The standard InChI is InChI=1S/C26H24BrN3O/c1-18-25(19(2)30(29-18)17-20-13-15-23(27)16-14-20)28-26(31)24(21-9-5-3-6-10-21)22-11-7-4-8-12-22/h3-16,24H,17H2,1-2H3,(H,28,31). The number of aromatic nitrogens is 2. The van der Waals surface area contributed by atoms with Gasteiger partial charge in [-0.3, -0.25) is 9.48 Å². The lowest BCUT2D eigenvalue weighted by molar-refractivity contribution is -0.116. The van der Waals surface area contributed by atoms with Crippen LogP contribution in [0.3, 0.4) is 0 Å². The minimum absolute atomic E-state index is 0.0632. The Morgan fingerprint density at radius 2 is 1.45 bits per heavy atom. The van der Waals surface area contributed by atoms with E-state index in [0.717, 1.165) is 38.2 Å². The first kappa shape index (κ1) is 21.1. The molecule has 3 aromatic carbocycles. The molecular formula is C26H24BrN3O. The van der Waals surface area contributed by atoms with Gasteiger partial charge in [0.1, 0.15) is 0 Å². The van der Waals surface area contributed by atoms with Gasteiger partial charge in [-0.05, 0) is 42.7 Å². The molecule has 156 valence electrons. The van der Waals surface area contributed by atoms with Gasteiger partial charge in [0.25, 0.3) is 0 Å². The Morgan fingerprint density at radius 3 is 2.00 bits per heavy atom. The summed E-state index contributed by atoms with van der Waals surface area (Å²) < 4.78 is 2.99. The summed E-state index contributed by atoms with van der Waals surface area (Å²) in [6.07, 6.45) is 0. The van der Waals surface area contributed by atoms with Gasteiger partial charge in [-0.15, -0.1) is 0 Å². The molecule has 4 aromatic rings. The Balaban J connectivity index is 1.62. The molecule has 0 atom stereocenters. The Labute approximate surface area is 191 Å². The van der Waals surface area contributed by atoms with Crippen LogP contribution in [-0.4, -0.2) is 15.7 Å². The van der Waals surface area contributed by atoms with Crippen LogP contribution < -0.4 is 5.32 Å². The first-order valence-corrected chi connectivity index (χ1v) is 11.0. The number of carbonyl (C=O) groups excluding carboxylic acids is 1. The van der Waals surface area contributed by atoms with Crippen LogP contribution in [0.4, 0.5) is 5.69 Å². The third-order valence-corrected chi connectivity index (χ3v) is 5.93. The van der Waals surface area contributed by atoms with Gasteiger partial charge in [-0.2, -0.15) is 5.10 Å². The van der Waals surface area contributed by atoms with E-state index >= 15 is 0 Å². The van der Waals surface area contributed by atoms with Gasteiger partial charge in [-0.1, -0.05) is 88.7 Å². The summed E-state index contributed by atoms with van der Waals surface area (Å²) in [5.41, 5.74) is 5.60. The molecule has 0 radical (unpaired) electrons. The van der Waals surface area contributed by atoms with Gasteiger partial charge in [0, 0.05) is 4.47 Å². The van der Waals surface area contributed by atoms with Gasteiger partial charge < -0.3 is 5.32 Å². The average molecular weight is 474 g/mol. The van der Waals surface area contributed by atoms with Crippen LogP contribution in [0.25, 0.3) is 0 Å². The Kier molecular flexibility index (Phi) is 6.33. The molecule has 0 aliphatic carbocycles. The monoisotopic (exact) mass is 473 g/mol. The smallest absolute Gasteiger partial charge is 0.236 e. The Hall–Kier alpha value is -3.18. The van der Waals surface area contributed by atoms with Crippen LogP contribution in [-0.2, 0) is 11.3 Å². The van der Waals surface area contributed by atoms with E-state index in [4.69, 9.17) is 0 Å². The van der Waals surface area contributed by atoms with Crippen molar-refractivity contribution in [3.63, 3.8) is 0 Å². The minimum atomic E-state index is -0.393. The molecule has 1 heterocycles. The number of aryl methyl sites for hydroxylation is 1. The minimum Gasteiger partial charge on any atom is -0.322 e. The van der Waals surface area contributed by atoms with Crippen molar-refractivity contribution in [2.75, 3.05) is 5.32 Å². The van der Waals surface area contributed by atoms with Crippen LogP contribution in [0.15, 0.2) is 89.4 Å². The number of halogens is 1. The van der Waals surface area contributed by atoms with Gasteiger partial charge >= 0.3 is 0 Å². The molecule has 4 nitrogen and oxygen atoms in total. The third kappa shape index (κ3) is 4.78. The van der Waals surface area contributed by atoms with Crippen LogP contribution >= 0.6 is 15.9 Å². The fourth-order valence-corrected chi connectivity index (χ4v) is 4.04. The summed E-state index contributed by atoms with van der Waals surface area (Å²) in [5, 5.41) is 7.84. The van der Waals surface area contributed by atoms with Crippen molar-refractivity contribution in [1.82, 2.24) is 9.78 Å². The summed E-state index contributed by atoms with van der Waals surface area (Å²) in [7, 11) is 0. The number of nitrogens with one attached hydrogen (secondary N) is 1. The van der Waals surface area contributed by atoms with E-state index in [0.29, 0.717) is 6.54 Å². The predicted molar refractivity (Wildman–Crippen MR) is 128 cm³/mol. The van der Waals surface area contributed by atoms with Crippen molar-refractivity contribution in [2.24, 2.45) is 0 Å². The number of hydrogen-bond donors (Lipinski definition) is 1. The molecule has 0 aliphatic heterocycles. The zero-order valence-corrected chi connectivity index (χ0v) is 19.1. The quantitative estimate of drug-likeness (QED) is 0.368. The maximum absolute atomic E-state index is 13.5. The summed E-state index contributed by atoms with van der Waals surface area (Å²) in [4.78, 5) is 13.5. The summed E-state index contributed by atoms with van der Waals surface area (Å²) in [5.74, 6) is -0.456. The van der Waals surface area contributed by atoms with E-state index in [-0.39, 0.29) is 5.91 Å². The molecule has 5 heteroatoms. The second-order valence-electron chi connectivity index (χ2n) is 7.57. The van der Waals surface area contributed by atoms with Crippen LogP contribution in [0, 0.1) is 13.8 Å². The lowest BCUT2D eigenvalue weighted by Crippen LogP contribution is -2.23. The van der Waals surface area contributed by atoms with E-state index < -0.39 is 5.92 Å². The molecule has 0 aliphatic rings. The van der Waals surface area contributed by atoms with Crippen molar-refractivity contribution >= 4 is 27.5 Å². The van der Waals surface area contributed by atoms with E-state index in [1.54, 1.807) is 0 Å². The van der Waals surface area contributed by atoms with Crippen molar-refractivity contribution in [3.8, 4) is 0 Å². The number of nitrogens with zero attached hydrogens (tertiary/aromatic N) is 2. The normalized spacial score (nSPS) is 11.0. The number of anilines is 1. The largest absolute Gasteiger partial charge is 0.322 e. The molecule has 1 N–H and O–H groups in total. The Bertz CT molecular complexity index is 1130. The topological polar surface area (TPSA) is 46.9 Å². The maximum atomic E-state index is 13.5. The van der Waals surface area contributed by atoms with Crippen molar-refractivity contribution in [1.29, 1.82) is 0 Å². The fraction of sp³-hybridized carbons (Fsp3) is 0.154. The molecule has 1 amide bonds. The summed E-state index contributed by atoms with van der Waals surface area (Å²) >= 11 is 3.47. The fourth-order valence-electron chi connectivity index (χ4n) is 3.78. The third-order valence-electron chi connectivity index (χ3n) is 5.40. The molecule has 0 saturated heterocycles. The Morgan fingerprint density at radius 1 is 0.903 bits per heavy atom. The first-order chi connectivity index (χ1) is 15.0. The van der Waals surface area contributed by atoms with Crippen LogP contribution in [0.5, 0.6) is 0 Å². The molecule has 31 heavy (non-hydrogen) atoms. The van der Waals surface area contributed by atoms with E-state index in [2.05, 4.69) is 38.5 Å². The summed E-state index contributed by atoms with van der Waals surface area (Å²) in [6, 6.07) is 27.9. The number of carbonyl (C=O) groups is 1. The number of amides is 1. The van der Waals surface area contributed by atoms with E-state index in [1.807, 2.05) is 91.3 Å². The molecule has 0 spiro atoms. The van der Waals surface area contributed by atoms with Crippen molar-refractivity contribution in [3.05, 3.63) is 117 Å². The molecular weight excluding hydrogens is 450 g/mol. The first-order valence-electron chi connectivity index (χ1n) is 10.2. The van der Waals surface area contributed by atoms with Gasteiger partial charge in [0.05, 0.1) is 29.5 Å². The van der Waals surface area contributed by atoms with Crippen molar-refractivity contribution in [2.45, 2.75) is 26.3 Å². The van der Waals surface area contributed by atoms with Crippen molar-refractivity contribution < 1.29 is 4.79 Å². The highest BCUT2D eigenvalue weighted by atomic mass is 79.9. The highest BCUT2D eigenvalue weighted by molar-refractivity contribution is 9.10. The van der Waals surface area contributed by atoms with Gasteiger partial charge in [-0.25, -0.2) is 0 Å². The van der Waals surface area contributed by atoms with Gasteiger partial charge in [0.15, 0.2) is 0 Å². The molecule has 0 fully saturated rings. The van der Waals surface area contributed by atoms with Crippen LogP contribution in [0.2, 0.25) is 0 Å². The average Bonchev–Trinajstić information content (AvgIpc) is 3.04. The zero-order valence-electron chi connectivity index (χ0n) is 17.5. The second-order valence-corrected chi connectivity index (χ2v) is 8.49. The lowest BCUT2D eigenvalue weighted by Gasteiger charge is -2.18. The molecule has 0 unspecified atom stereocenters. The maximum Gasteiger partial charge on any atom is 0.236 e. The SMILES string of the molecule is Cc1nn(Cc2ccc(Br)cc2)c(C)c1NC(=O)C(c1ccccc1)c1ccccc1. The highest BCUT2D eigenvalue weighted by Gasteiger charge is 2.24. The predicted octanol–water partition coefficient (Wildman–Crippen LogP) is 6.08. The lowest BCUT2D eigenvalue weighted by atomic mass is 9.90. The number of rotatable bonds is 6. The van der Waals surface area contributed by atoms with Crippen LogP contribution in [0.1, 0.15) is 34.0 Å². The second kappa shape index (κ2) is 9.31. The molecule has 0 bridgehead atoms. The number of hydrogen-bond acceptors (Lipinski definition) is 2. The highest BCUT2D eigenvalue weighted by Crippen LogP contribution is 2.28. The summed E-state index contributed by atoms with van der Waals surface area (Å²) in [6.45, 7) is 4.58. The zero-order chi connectivity index (χ0) is 21.8.